The summed E-state index contributed by atoms with van der Waals surface area (Å²) in [5.41, 5.74) is 3.04. The number of carbonyl (C=O) groups is 1. The van der Waals surface area contributed by atoms with E-state index in [9.17, 15) is 4.79 Å². The molecule has 0 unspecified atom stereocenters. The molecule has 0 aliphatic carbocycles. The van der Waals surface area contributed by atoms with Crippen LogP contribution < -0.4 is 0 Å². The second-order valence-corrected chi connectivity index (χ2v) is 6.75. The fourth-order valence-electron chi connectivity index (χ4n) is 3.22. The van der Waals surface area contributed by atoms with Gasteiger partial charge in [-0.1, -0.05) is 35.5 Å². The number of rotatable bonds is 4. The highest BCUT2D eigenvalue weighted by Gasteiger charge is 2.30. The van der Waals surface area contributed by atoms with Crippen LogP contribution in [0.15, 0.2) is 53.4 Å². The van der Waals surface area contributed by atoms with Crippen molar-refractivity contribution in [1.29, 1.82) is 0 Å². The molecule has 1 fully saturated rings. The molecule has 3 aromatic rings. The first-order chi connectivity index (χ1) is 11.8. The molecule has 1 aliphatic rings. The summed E-state index contributed by atoms with van der Waals surface area (Å²) in [6.07, 6.45) is 3.93. The van der Waals surface area contributed by atoms with Crippen LogP contribution in [-0.4, -0.2) is 32.3 Å². The van der Waals surface area contributed by atoms with E-state index in [-0.39, 0.29) is 18.5 Å². The molecule has 6 heteroatoms. The van der Waals surface area contributed by atoms with Crippen molar-refractivity contribution in [3.8, 4) is 11.3 Å². The minimum atomic E-state index is 0.105. The lowest BCUT2D eigenvalue weighted by atomic mass is 10.1. The minimum Gasteiger partial charge on any atom is -0.334 e. The molecule has 24 heavy (non-hydrogen) atoms. The zero-order valence-corrected chi connectivity index (χ0v) is 14.0. The first-order valence-electron chi connectivity index (χ1n) is 8.08. The third-order valence-electron chi connectivity index (χ3n) is 4.41. The van der Waals surface area contributed by atoms with Crippen molar-refractivity contribution >= 4 is 17.2 Å². The lowest BCUT2D eigenvalue weighted by molar-refractivity contribution is -0.133. The molecular formula is C18H18N4OS. The molecule has 2 aromatic heterocycles. The molecule has 0 spiro atoms. The molecule has 0 radical (unpaired) electrons. The fourth-order valence-corrected chi connectivity index (χ4v) is 3.93. The first-order valence-corrected chi connectivity index (χ1v) is 9.02. The lowest BCUT2D eigenvalue weighted by Crippen LogP contribution is -2.33. The van der Waals surface area contributed by atoms with Crippen LogP contribution in [0, 0.1) is 0 Å². The fraction of sp³-hybridized carbons (Fsp3) is 0.278. The largest absolute Gasteiger partial charge is 0.334 e. The highest BCUT2D eigenvalue weighted by atomic mass is 32.1. The molecule has 0 N–H and O–H groups in total. The van der Waals surface area contributed by atoms with Crippen molar-refractivity contribution in [3.63, 3.8) is 0 Å². The number of amides is 1. The smallest absolute Gasteiger partial charge is 0.244 e. The van der Waals surface area contributed by atoms with Gasteiger partial charge in [-0.3, -0.25) is 4.79 Å². The average Bonchev–Trinajstić information content (AvgIpc) is 3.36. The van der Waals surface area contributed by atoms with Crippen molar-refractivity contribution in [1.82, 2.24) is 19.9 Å². The second-order valence-electron chi connectivity index (χ2n) is 5.97. The zero-order chi connectivity index (χ0) is 16.4. The Bertz CT molecular complexity index is 813. The van der Waals surface area contributed by atoms with Crippen LogP contribution in [0.25, 0.3) is 11.3 Å². The molecule has 1 atom stereocenters. The summed E-state index contributed by atoms with van der Waals surface area (Å²) in [6.45, 7) is 1.06. The molecule has 3 heterocycles. The van der Waals surface area contributed by atoms with Gasteiger partial charge in [-0.25, -0.2) is 4.68 Å². The van der Waals surface area contributed by atoms with Gasteiger partial charge in [0.1, 0.15) is 12.2 Å². The van der Waals surface area contributed by atoms with E-state index in [1.807, 2.05) is 41.4 Å². The van der Waals surface area contributed by atoms with Crippen molar-refractivity contribution < 1.29 is 4.79 Å². The van der Waals surface area contributed by atoms with E-state index in [0.717, 1.165) is 30.6 Å². The number of thiophene rings is 1. The maximum Gasteiger partial charge on any atom is 0.244 e. The van der Waals surface area contributed by atoms with Crippen LogP contribution in [-0.2, 0) is 11.3 Å². The van der Waals surface area contributed by atoms with E-state index in [1.54, 1.807) is 16.0 Å². The van der Waals surface area contributed by atoms with Gasteiger partial charge in [0, 0.05) is 12.1 Å². The standard InChI is InChI=1S/C18H18N4OS/c23-18(22-9-4-7-17(22)15-8-10-24-13-15)12-21-11-16(19-20-21)14-5-2-1-3-6-14/h1-3,5-6,8,10-11,13,17H,4,7,9,12H2/t17-/m0/s1. The van der Waals surface area contributed by atoms with Crippen LogP contribution in [0.2, 0.25) is 0 Å². The van der Waals surface area contributed by atoms with Gasteiger partial charge in [-0.15, -0.1) is 5.10 Å². The molecule has 0 saturated carbocycles. The number of carbonyl (C=O) groups excluding carboxylic acids is 1. The average molecular weight is 338 g/mol. The van der Waals surface area contributed by atoms with Gasteiger partial charge in [-0.2, -0.15) is 11.3 Å². The number of nitrogens with zero attached hydrogens (tertiary/aromatic N) is 4. The van der Waals surface area contributed by atoms with Crippen LogP contribution in [0.4, 0.5) is 0 Å². The minimum absolute atomic E-state index is 0.105. The summed E-state index contributed by atoms with van der Waals surface area (Å²) in [6, 6.07) is 12.2. The Kier molecular flexibility index (Phi) is 4.13. The number of hydrogen-bond acceptors (Lipinski definition) is 4. The third-order valence-corrected chi connectivity index (χ3v) is 5.11. The maximum absolute atomic E-state index is 12.7. The van der Waals surface area contributed by atoms with Crippen molar-refractivity contribution in [2.45, 2.75) is 25.4 Å². The Hall–Kier alpha value is -2.47. The Morgan fingerprint density at radius 2 is 2.12 bits per heavy atom. The van der Waals surface area contributed by atoms with E-state index >= 15 is 0 Å². The predicted octanol–water partition coefficient (Wildman–Crippen LogP) is 3.37. The van der Waals surface area contributed by atoms with Gasteiger partial charge in [0.15, 0.2) is 0 Å². The Labute approximate surface area is 144 Å². The summed E-state index contributed by atoms with van der Waals surface area (Å²) < 4.78 is 1.63. The van der Waals surface area contributed by atoms with E-state index < -0.39 is 0 Å². The van der Waals surface area contributed by atoms with Gasteiger partial charge in [0.25, 0.3) is 0 Å². The SMILES string of the molecule is O=C(Cn1cc(-c2ccccc2)nn1)N1CCC[C@H]1c1ccsc1. The monoisotopic (exact) mass is 338 g/mol. The van der Waals surface area contributed by atoms with E-state index in [4.69, 9.17) is 0 Å². The summed E-state index contributed by atoms with van der Waals surface area (Å²) in [5.74, 6) is 0.105. The van der Waals surface area contributed by atoms with Gasteiger partial charge < -0.3 is 4.90 Å². The quantitative estimate of drug-likeness (QED) is 0.733. The normalized spacial score (nSPS) is 17.3. The van der Waals surface area contributed by atoms with E-state index in [1.165, 1.54) is 5.56 Å². The van der Waals surface area contributed by atoms with Gasteiger partial charge in [-0.05, 0) is 35.2 Å². The van der Waals surface area contributed by atoms with Gasteiger partial charge in [0.2, 0.25) is 5.91 Å². The molecule has 5 nitrogen and oxygen atoms in total. The maximum atomic E-state index is 12.7. The molecule has 122 valence electrons. The number of benzene rings is 1. The molecule has 0 bridgehead atoms. The highest BCUT2D eigenvalue weighted by Crippen LogP contribution is 2.33. The van der Waals surface area contributed by atoms with Crippen LogP contribution in [0.1, 0.15) is 24.4 Å². The van der Waals surface area contributed by atoms with Crippen molar-refractivity contribution in [2.75, 3.05) is 6.54 Å². The Morgan fingerprint density at radius 1 is 1.25 bits per heavy atom. The van der Waals surface area contributed by atoms with E-state index in [2.05, 4.69) is 27.1 Å². The first kappa shape index (κ1) is 15.1. The Balaban J connectivity index is 1.47. The topological polar surface area (TPSA) is 51.0 Å². The third kappa shape index (κ3) is 2.97. The lowest BCUT2D eigenvalue weighted by Gasteiger charge is -2.24. The van der Waals surface area contributed by atoms with Crippen LogP contribution >= 0.6 is 11.3 Å². The molecule has 1 amide bonds. The number of aromatic nitrogens is 3. The number of likely N-dealkylation sites (tertiary alicyclic amines) is 1. The van der Waals surface area contributed by atoms with Crippen LogP contribution in [0.3, 0.4) is 0 Å². The molecule has 1 aliphatic heterocycles. The van der Waals surface area contributed by atoms with Crippen molar-refractivity contribution in [2.24, 2.45) is 0 Å². The zero-order valence-electron chi connectivity index (χ0n) is 13.2. The van der Waals surface area contributed by atoms with E-state index in [0.29, 0.717) is 0 Å². The molecular weight excluding hydrogens is 320 g/mol. The highest BCUT2D eigenvalue weighted by molar-refractivity contribution is 7.07. The van der Waals surface area contributed by atoms with Crippen LogP contribution in [0.5, 0.6) is 0 Å². The van der Waals surface area contributed by atoms with Gasteiger partial charge in [0.05, 0.1) is 12.2 Å². The molecule has 4 rings (SSSR count). The molecule has 1 saturated heterocycles. The predicted molar refractivity (Wildman–Crippen MR) is 93.5 cm³/mol. The number of hydrogen-bond donors (Lipinski definition) is 0. The second kappa shape index (κ2) is 6.57. The molecule has 1 aromatic carbocycles. The Morgan fingerprint density at radius 3 is 2.92 bits per heavy atom. The van der Waals surface area contributed by atoms with Gasteiger partial charge >= 0.3 is 0 Å². The summed E-state index contributed by atoms with van der Waals surface area (Å²) in [7, 11) is 0. The summed E-state index contributed by atoms with van der Waals surface area (Å²) in [5, 5.41) is 12.5. The summed E-state index contributed by atoms with van der Waals surface area (Å²) >= 11 is 1.68. The summed E-state index contributed by atoms with van der Waals surface area (Å²) in [4.78, 5) is 14.7. The van der Waals surface area contributed by atoms with Crippen molar-refractivity contribution in [3.05, 3.63) is 58.9 Å².